The third-order valence-corrected chi connectivity index (χ3v) is 4.81. The normalized spacial score (nSPS) is 17.2. The number of hydrogen-bond acceptors (Lipinski definition) is 7. The molecule has 0 radical (unpaired) electrons. The molecule has 6 nitrogen and oxygen atoms in total. The van der Waals surface area contributed by atoms with Gasteiger partial charge in [-0.25, -0.2) is 4.79 Å². The van der Waals surface area contributed by atoms with E-state index in [-0.39, 0.29) is 5.91 Å². The maximum atomic E-state index is 12.6. The van der Waals surface area contributed by atoms with Crippen molar-refractivity contribution in [3.63, 3.8) is 0 Å². The number of carbonyl (C=O) groups is 2. The molecule has 1 aliphatic heterocycles. The average molecular weight is 367 g/mol. The van der Waals surface area contributed by atoms with Crippen LogP contribution in [-0.2, 0) is 14.3 Å². The summed E-state index contributed by atoms with van der Waals surface area (Å²) >= 11 is 6.36. The van der Waals surface area contributed by atoms with Crippen LogP contribution in [0.2, 0.25) is 0 Å². The SMILES string of the molecule is COC(=O)C(C)N1C(=O)C(=Cc2ccc(OC)cc2OC)SC1=S. The van der Waals surface area contributed by atoms with Crippen LogP contribution in [0.5, 0.6) is 11.5 Å². The van der Waals surface area contributed by atoms with Crippen molar-refractivity contribution < 1.29 is 23.8 Å². The van der Waals surface area contributed by atoms with E-state index < -0.39 is 12.0 Å². The number of ether oxygens (including phenoxy) is 3. The summed E-state index contributed by atoms with van der Waals surface area (Å²) in [5, 5.41) is 0. The molecule has 1 unspecified atom stereocenters. The van der Waals surface area contributed by atoms with Crippen LogP contribution in [0.4, 0.5) is 0 Å². The summed E-state index contributed by atoms with van der Waals surface area (Å²) in [5.74, 6) is 0.367. The molecule has 0 N–H and O–H groups in total. The van der Waals surface area contributed by atoms with Gasteiger partial charge in [0.15, 0.2) is 0 Å². The second-order valence-corrected chi connectivity index (χ2v) is 6.53. The van der Waals surface area contributed by atoms with Gasteiger partial charge in [-0.2, -0.15) is 0 Å². The first-order valence-corrected chi connectivity index (χ1v) is 8.22. The number of methoxy groups -OCH3 is 3. The Labute approximate surface area is 149 Å². The molecule has 1 aromatic rings. The van der Waals surface area contributed by atoms with Crippen molar-refractivity contribution in [3.05, 3.63) is 28.7 Å². The van der Waals surface area contributed by atoms with Gasteiger partial charge in [0.05, 0.1) is 26.2 Å². The average Bonchev–Trinajstić information content (AvgIpc) is 2.87. The summed E-state index contributed by atoms with van der Waals surface area (Å²) in [7, 11) is 4.37. The highest BCUT2D eigenvalue weighted by molar-refractivity contribution is 8.26. The molecule has 2 rings (SSSR count). The van der Waals surface area contributed by atoms with Gasteiger partial charge in [0.2, 0.25) is 0 Å². The lowest BCUT2D eigenvalue weighted by atomic mass is 10.1. The smallest absolute Gasteiger partial charge is 0.328 e. The lowest BCUT2D eigenvalue weighted by molar-refractivity contribution is -0.147. The number of rotatable bonds is 5. The number of benzene rings is 1. The van der Waals surface area contributed by atoms with E-state index in [1.54, 1.807) is 38.3 Å². The van der Waals surface area contributed by atoms with E-state index in [4.69, 9.17) is 21.7 Å². The van der Waals surface area contributed by atoms with Crippen LogP contribution in [0.1, 0.15) is 12.5 Å². The van der Waals surface area contributed by atoms with Crippen molar-refractivity contribution in [2.75, 3.05) is 21.3 Å². The minimum atomic E-state index is -0.772. The number of thiocarbonyl (C=S) groups is 1. The Balaban J connectivity index is 2.34. The van der Waals surface area contributed by atoms with Gasteiger partial charge in [0, 0.05) is 11.6 Å². The first-order valence-electron chi connectivity index (χ1n) is 6.99. The Hall–Kier alpha value is -2.06. The van der Waals surface area contributed by atoms with Gasteiger partial charge in [0.1, 0.15) is 21.9 Å². The summed E-state index contributed by atoms with van der Waals surface area (Å²) in [6.07, 6.45) is 1.68. The molecule has 24 heavy (non-hydrogen) atoms. The predicted molar refractivity (Wildman–Crippen MR) is 96.0 cm³/mol. The molecule has 0 bridgehead atoms. The Morgan fingerprint density at radius 3 is 2.58 bits per heavy atom. The third-order valence-electron chi connectivity index (χ3n) is 3.48. The second kappa shape index (κ2) is 7.67. The van der Waals surface area contributed by atoms with Gasteiger partial charge < -0.3 is 14.2 Å². The van der Waals surface area contributed by atoms with Gasteiger partial charge >= 0.3 is 5.97 Å². The molecule has 1 amide bonds. The lowest BCUT2D eigenvalue weighted by Crippen LogP contribution is -2.42. The lowest BCUT2D eigenvalue weighted by Gasteiger charge is -2.20. The quantitative estimate of drug-likeness (QED) is 0.450. The van der Waals surface area contributed by atoms with Crippen LogP contribution in [0.25, 0.3) is 6.08 Å². The highest BCUT2D eigenvalue weighted by Gasteiger charge is 2.38. The topological polar surface area (TPSA) is 65.1 Å². The number of hydrogen-bond donors (Lipinski definition) is 0. The molecule has 1 saturated heterocycles. The van der Waals surface area contributed by atoms with Gasteiger partial charge in [-0.3, -0.25) is 9.69 Å². The van der Waals surface area contributed by atoms with Crippen molar-refractivity contribution >= 4 is 46.3 Å². The summed E-state index contributed by atoms with van der Waals surface area (Å²) in [6, 6.07) is 4.51. The molecule has 1 heterocycles. The summed E-state index contributed by atoms with van der Waals surface area (Å²) in [5.41, 5.74) is 0.713. The van der Waals surface area contributed by atoms with Crippen molar-refractivity contribution in [2.24, 2.45) is 0 Å². The Bertz CT molecular complexity index is 716. The standard InChI is InChI=1S/C16H17NO5S2/c1-9(15(19)22-4)17-14(18)13(24-16(17)23)7-10-5-6-11(20-2)8-12(10)21-3/h5-9H,1-4H3. The van der Waals surface area contributed by atoms with Crippen LogP contribution < -0.4 is 9.47 Å². The largest absolute Gasteiger partial charge is 0.497 e. The number of amides is 1. The van der Waals surface area contributed by atoms with E-state index in [1.807, 2.05) is 0 Å². The van der Waals surface area contributed by atoms with Gasteiger partial charge in [-0.15, -0.1) is 0 Å². The first kappa shape index (κ1) is 18.3. The van der Waals surface area contributed by atoms with Gasteiger partial charge in [0.25, 0.3) is 5.91 Å². The zero-order chi connectivity index (χ0) is 17.9. The van der Waals surface area contributed by atoms with Crippen molar-refractivity contribution in [1.29, 1.82) is 0 Å². The van der Waals surface area contributed by atoms with E-state index in [2.05, 4.69) is 4.74 Å². The fourth-order valence-corrected chi connectivity index (χ4v) is 3.58. The third kappa shape index (κ3) is 3.54. The van der Waals surface area contributed by atoms with Crippen LogP contribution in [0.3, 0.4) is 0 Å². The van der Waals surface area contributed by atoms with E-state index in [9.17, 15) is 9.59 Å². The summed E-state index contributed by atoms with van der Waals surface area (Å²) in [6.45, 7) is 1.58. The van der Waals surface area contributed by atoms with Crippen LogP contribution in [0.15, 0.2) is 23.1 Å². The molecule has 0 saturated carbocycles. The minimum absolute atomic E-state index is 0.316. The highest BCUT2D eigenvalue weighted by atomic mass is 32.2. The summed E-state index contributed by atoms with van der Waals surface area (Å²) in [4.78, 5) is 25.9. The van der Waals surface area contributed by atoms with Gasteiger partial charge in [-0.05, 0) is 25.1 Å². The maximum absolute atomic E-state index is 12.6. The molecule has 1 aliphatic rings. The highest BCUT2D eigenvalue weighted by Crippen LogP contribution is 2.36. The molecular weight excluding hydrogens is 350 g/mol. The molecule has 1 atom stereocenters. The molecule has 0 aromatic heterocycles. The molecule has 128 valence electrons. The van der Waals surface area contributed by atoms with Crippen molar-refractivity contribution in [3.8, 4) is 11.5 Å². The molecule has 1 fully saturated rings. The molecule has 0 spiro atoms. The fourth-order valence-electron chi connectivity index (χ4n) is 2.17. The van der Waals surface area contributed by atoms with Gasteiger partial charge in [-0.1, -0.05) is 24.0 Å². The van der Waals surface area contributed by atoms with Crippen LogP contribution in [-0.4, -0.2) is 48.5 Å². The Morgan fingerprint density at radius 1 is 1.29 bits per heavy atom. The predicted octanol–water partition coefficient (Wildman–Crippen LogP) is 2.47. The van der Waals surface area contributed by atoms with Crippen molar-refractivity contribution in [1.82, 2.24) is 4.90 Å². The number of esters is 1. The minimum Gasteiger partial charge on any atom is -0.497 e. The molecule has 1 aromatic carbocycles. The number of thioether (sulfide) groups is 1. The Kier molecular flexibility index (Phi) is 5.84. The zero-order valence-electron chi connectivity index (χ0n) is 13.7. The monoisotopic (exact) mass is 367 g/mol. The van der Waals surface area contributed by atoms with E-state index in [0.717, 1.165) is 11.8 Å². The van der Waals surface area contributed by atoms with E-state index in [0.29, 0.717) is 26.3 Å². The molecule has 8 heteroatoms. The summed E-state index contributed by atoms with van der Waals surface area (Å²) < 4.78 is 15.5. The zero-order valence-corrected chi connectivity index (χ0v) is 15.3. The molecular formula is C16H17NO5S2. The Morgan fingerprint density at radius 2 is 2.00 bits per heavy atom. The number of carbonyl (C=O) groups excluding carboxylic acids is 2. The second-order valence-electron chi connectivity index (χ2n) is 4.86. The van der Waals surface area contributed by atoms with E-state index >= 15 is 0 Å². The first-order chi connectivity index (χ1) is 11.4. The maximum Gasteiger partial charge on any atom is 0.328 e. The van der Waals surface area contributed by atoms with Crippen molar-refractivity contribution in [2.45, 2.75) is 13.0 Å². The molecule has 0 aliphatic carbocycles. The fraction of sp³-hybridized carbons (Fsp3) is 0.312. The van der Waals surface area contributed by atoms with E-state index in [1.165, 1.54) is 19.1 Å². The number of nitrogens with zero attached hydrogens (tertiary/aromatic N) is 1. The van der Waals surface area contributed by atoms with Crippen LogP contribution >= 0.6 is 24.0 Å². The van der Waals surface area contributed by atoms with Crippen LogP contribution in [0, 0.1) is 0 Å².